The summed E-state index contributed by atoms with van der Waals surface area (Å²) in [6, 6.07) is 12.6. The van der Waals surface area contributed by atoms with Crippen LogP contribution in [0.5, 0.6) is 0 Å². The number of aromatic nitrogens is 2. The molecule has 3 rings (SSSR count). The van der Waals surface area contributed by atoms with Gasteiger partial charge in [-0.05, 0) is 43.7 Å². The van der Waals surface area contributed by atoms with Crippen molar-refractivity contribution in [1.82, 2.24) is 9.97 Å². The number of hydrogen-bond acceptors (Lipinski definition) is 6. The molecule has 0 spiro atoms. The Balaban J connectivity index is 1.99. The van der Waals surface area contributed by atoms with Crippen molar-refractivity contribution in [1.29, 1.82) is 0 Å². The summed E-state index contributed by atoms with van der Waals surface area (Å²) in [7, 11) is 0. The van der Waals surface area contributed by atoms with Crippen molar-refractivity contribution in [3.63, 3.8) is 0 Å². The molecule has 0 atom stereocenters. The number of nitrogens with zero attached hydrogens (tertiary/aromatic N) is 3. The van der Waals surface area contributed by atoms with Crippen molar-refractivity contribution < 1.29 is 4.92 Å². The van der Waals surface area contributed by atoms with Gasteiger partial charge in [0.2, 0.25) is 11.6 Å². The highest BCUT2D eigenvalue weighted by molar-refractivity contribution is 6.30. The second kappa shape index (κ2) is 7.37. The molecule has 3 aromatic rings. The summed E-state index contributed by atoms with van der Waals surface area (Å²) in [5.41, 5.74) is 3.16. The second-order valence-electron chi connectivity index (χ2n) is 5.76. The van der Waals surface area contributed by atoms with Crippen LogP contribution in [0.1, 0.15) is 11.1 Å². The molecule has 8 heteroatoms. The minimum atomic E-state index is -0.515. The number of aryl methyl sites for hydroxylation is 2. The Morgan fingerprint density at radius 1 is 1.04 bits per heavy atom. The van der Waals surface area contributed by atoms with Crippen LogP contribution in [0.25, 0.3) is 0 Å². The minimum Gasteiger partial charge on any atom is -0.334 e. The third kappa shape index (κ3) is 3.89. The first-order chi connectivity index (χ1) is 12.4. The standard InChI is InChI=1S/C18H16ClN5O2/c1-11-6-7-15(12(2)8-11)23-18-16(24(25)26)17(20-10-21-18)22-14-5-3-4-13(19)9-14/h3-10H,1-2H3,(H2,20,21,22,23). The lowest BCUT2D eigenvalue weighted by molar-refractivity contribution is -0.383. The molecule has 0 unspecified atom stereocenters. The van der Waals surface area contributed by atoms with Gasteiger partial charge in [-0.1, -0.05) is 35.4 Å². The van der Waals surface area contributed by atoms with Crippen molar-refractivity contribution in [2.75, 3.05) is 10.6 Å². The van der Waals surface area contributed by atoms with E-state index in [-0.39, 0.29) is 17.3 Å². The first-order valence-electron chi connectivity index (χ1n) is 7.80. The summed E-state index contributed by atoms with van der Waals surface area (Å²) in [5, 5.41) is 18.1. The minimum absolute atomic E-state index is 0.0829. The number of hydrogen-bond donors (Lipinski definition) is 2. The van der Waals surface area contributed by atoms with Gasteiger partial charge in [0.25, 0.3) is 0 Å². The third-order valence-electron chi connectivity index (χ3n) is 3.73. The molecule has 0 aliphatic rings. The summed E-state index contributed by atoms with van der Waals surface area (Å²) < 4.78 is 0. The van der Waals surface area contributed by atoms with Crippen LogP contribution in [0.2, 0.25) is 5.02 Å². The predicted molar refractivity (Wildman–Crippen MR) is 103 cm³/mol. The number of halogens is 1. The number of anilines is 4. The van der Waals surface area contributed by atoms with Crippen molar-refractivity contribution >= 4 is 40.3 Å². The highest BCUT2D eigenvalue weighted by atomic mass is 35.5. The van der Waals surface area contributed by atoms with Gasteiger partial charge in [-0.2, -0.15) is 0 Å². The van der Waals surface area contributed by atoms with Crippen LogP contribution in [0, 0.1) is 24.0 Å². The van der Waals surface area contributed by atoms with E-state index in [9.17, 15) is 10.1 Å². The van der Waals surface area contributed by atoms with E-state index in [0.717, 1.165) is 16.8 Å². The summed E-state index contributed by atoms with van der Waals surface area (Å²) in [6.07, 6.45) is 1.27. The Morgan fingerprint density at radius 2 is 1.77 bits per heavy atom. The van der Waals surface area contributed by atoms with Gasteiger partial charge in [0.1, 0.15) is 6.33 Å². The molecule has 0 bridgehead atoms. The zero-order valence-corrected chi connectivity index (χ0v) is 14.9. The molecule has 2 N–H and O–H groups in total. The van der Waals surface area contributed by atoms with E-state index < -0.39 is 4.92 Å². The lowest BCUT2D eigenvalue weighted by atomic mass is 10.1. The quantitative estimate of drug-likeness (QED) is 0.477. The molecule has 0 fully saturated rings. The smallest absolute Gasteiger partial charge is 0.334 e. The van der Waals surface area contributed by atoms with E-state index >= 15 is 0 Å². The Kier molecular flexibility index (Phi) is 4.99. The molecule has 0 saturated heterocycles. The molecule has 1 heterocycles. The maximum Gasteiger partial charge on any atom is 0.353 e. The Labute approximate surface area is 155 Å². The van der Waals surface area contributed by atoms with Crippen LogP contribution in [0.4, 0.5) is 28.7 Å². The molecule has 7 nitrogen and oxygen atoms in total. The summed E-state index contributed by atoms with van der Waals surface area (Å²) in [4.78, 5) is 19.2. The molecule has 0 aliphatic carbocycles. The number of nitro groups is 1. The average molecular weight is 370 g/mol. The van der Waals surface area contributed by atoms with Gasteiger partial charge in [-0.25, -0.2) is 9.97 Å². The Morgan fingerprint density at radius 3 is 2.42 bits per heavy atom. The second-order valence-corrected chi connectivity index (χ2v) is 6.19. The lowest BCUT2D eigenvalue weighted by Gasteiger charge is -2.12. The molecule has 26 heavy (non-hydrogen) atoms. The molecular formula is C18H16ClN5O2. The molecule has 2 aromatic carbocycles. The maximum absolute atomic E-state index is 11.6. The monoisotopic (exact) mass is 369 g/mol. The fraction of sp³-hybridized carbons (Fsp3) is 0.111. The van der Waals surface area contributed by atoms with Crippen molar-refractivity contribution in [3.05, 3.63) is 75.1 Å². The third-order valence-corrected chi connectivity index (χ3v) is 3.96. The SMILES string of the molecule is Cc1ccc(Nc2ncnc(Nc3cccc(Cl)c3)c2[N+](=O)[O-])c(C)c1. The van der Waals surface area contributed by atoms with E-state index in [1.807, 2.05) is 32.0 Å². The van der Waals surface area contributed by atoms with Crippen molar-refractivity contribution in [2.45, 2.75) is 13.8 Å². The molecule has 0 amide bonds. The van der Waals surface area contributed by atoms with Crippen LogP contribution in [0.15, 0.2) is 48.8 Å². The molecular weight excluding hydrogens is 354 g/mol. The van der Waals surface area contributed by atoms with Gasteiger partial charge in [0.05, 0.1) is 4.92 Å². The lowest BCUT2D eigenvalue weighted by Crippen LogP contribution is -2.06. The Bertz CT molecular complexity index is 978. The van der Waals surface area contributed by atoms with E-state index in [0.29, 0.717) is 10.7 Å². The Hall–Kier alpha value is -3.19. The fourth-order valence-corrected chi connectivity index (χ4v) is 2.71. The maximum atomic E-state index is 11.6. The van der Waals surface area contributed by atoms with Gasteiger partial charge < -0.3 is 10.6 Å². The van der Waals surface area contributed by atoms with Crippen LogP contribution >= 0.6 is 11.6 Å². The first kappa shape index (κ1) is 17.6. The van der Waals surface area contributed by atoms with E-state index in [2.05, 4.69) is 20.6 Å². The first-order valence-corrected chi connectivity index (χ1v) is 8.18. The summed E-state index contributed by atoms with van der Waals surface area (Å²) in [5.74, 6) is 0.195. The highest BCUT2D eigenvalue weighted by Gasteiger charge is 2.23. The number of nitrogens with one attached hydrogen (secondary N) is 2. The molecule has 1 aromatic heterocycles. The highest BCUT2D eigenvalue weighted by Crippen LogP contribution is 2.34. The number of benzene rings is 2. The predicted octanol–water partition coefficient (Wildman–Crippen LogP) is 5.14. The molecule has 0 saturated carbocycles. The summed E-state index contributed by atoms with van der Waals surface area (Å²) in [6.45, 7) is 3.91. The van der Waals surface area contributed by atoms with E-state index in [4.69, 9.17) is 11.6 Å². The largest absolute Gasteiger partial charge is 0.353 e. The van der Waals surface area contributed by atoms with Gasteiger partial charge in [0, 0.05) is 16.4 Å². The van der Waals surface area contributed by atoms with Gasteiger partial charge in [-0.15, -0.1) is 0 Å². The number of rotatable bonds is 5. The van der Waals surface area contributed by atoms with E-state index in [1.54, 1.807) is 24.3 Å². The van der Waals surface area contributed by atoms with E-state index in [1.165, 1.54) is 6.33 Å². The molecule has 0 radical (unpaired) electrons. The van der Waals surface area contributed by atoms with Gasteiger partial charge >= 0.3 is 5.69 Å². The summed E-state index contributed by atoms with van der Waals surface area (Å²) >= 11 is 5.96. The van der Waals surface area contributed by atoms with Crippen LogP contribution < -0.4 is 10.6 Å². The van der Waals surface area contributed by atoms with Crippen LogP contribution in [-0.2, 0) is 0 Å². The van der Waals surface area contributed by atoms with Gasteiger partial charge in [-0.3, -0.25) is 10.1 Å². The molecule has 0 aliphatic heterocycles. The van der Waals surface area contributed by atoms with Crippen LogP contribution in [-0.4, -0.2) is 14.9 Å². The zero-order chi connectivity index (χ0) is 18.7. The average Bonchev–Trinajstić information content (AvgIpc) is 2.57. The normalized spacial score (nSPS) is 10.4. The molecule has 132 valence electrons. The topological polar surface area (TPSA) is 93.0 Å². The van der Waals surface area contributed by atoms with Crippen LogP contribution in [0.3, 0.4) is 0 Å². The zero-order valence-electron chi connectivity index (χ0n) is 14.2. The fourth-order valence-electron chi connectivity index (χ4n) is 2.52. The van der Waals surface area contributed by atoms with Crippen molar-refractivity contribution in [3.8, 4) is 0 Å². The van der Waals surface area contributed by atoms with Crippen molar-refractivity contribution in [2.24, 2.45) is 0 Å². The van der Waals surface area contributed by atoms with Gasteiger partial charge in [0.15, 0.2) is 0 Å².